The van der Waals surface area contributed by atoms with E-state index >= 15 is 0 Å². The number of carboxylic acid groups (broad SMARTS) is 1. The zero-order chi connectivity index (χ0) is 17.1. The van der Waals surface area contributed by atoms with E-state index in [0.29, 0.717) is 11.4 Å². The minimum Gasteiger partial charge on any atom is -0.508 e. The van der Waals surface area contributed by atoms with E-state index in [2.05, 4.69) is 0 Å². The van der Waals surface area contributed by atoms with Gasteiger partial charge in [-0.3, -0.25) is 4.79 Å². The molecule has 3 rings (SSSR count). The van der Waals surface area contributed by atoms with Crippen molar-refractivity contribution < 1.29 is 15.0 Å². The molecule has 5 heteroatoms. The Labute approximate surface area is 144 Å². The van der Waals surface area contributed by atoms with Crippen molar-refractivity contribution in [1.82, 2.24) is 4.57 Å². The van der Waals surface area contributed by atoms with Gasteiger partial charge in [-0.1, -0.05) is 23.7 Å². The molecule has 0 fully saturated rings. The quantitative estimate of drug-likeness (QED) is 0.717. The van der Waals surface area contributed by atoms with Crippen LogP contribution in [0.2, 0.25) is 5.02 Å². The molecule has 1 heterocycles. The average Bonchev–Trinajstić information content (AvgIpc) is 2.98. The Bertz CT molecular complexity index is 851. The topological polar surface area (TPSA) is 62.5 Å². The minimum absolute atomic E-state index is 0.0577. The molecular formula is C19H16ClNO3. The number of carbonyl (C=O) groups is 1. The molecule has 0 bridgehead atoms. The maximum Gasteiger partial charge on any atom is 0.303 e. The third-order valence-electron chi connectivity index (χ3n) is 3.80. The van der Waals surface area contributed by atoms with Crippen LogP contribution in [0.15, 0.2) is 60.7 Å². The van der Waals surface area contributed by atoms with E-state index in [1.165, 1.54) is 0 Å². The fraction of sp³-hybridized carbons (Fsp3) is 0.105. The second-order valence-corrected chi connectivity index (χ2v) is 5.90. The molecule has 0 saturated heterocycles. The molecule has 122 valence electrons. The number of carboxylic acids is 1. The van der Waals surface area contributed by atoms with Crippen LogP contribution in [0.5, 0.6) is 5.75 Å². The SMILES string of the molecule is O=C(O)CCc1ccc(-c2ccc(Cl)cc2)n1-c1ccc(O)cc1. The monoisotopic (exact) mass is 341 g/mol. The van der Waals surface area contributed by atoms with Crippen molar-refractivity contribution in [2.24, 2.45) is 0 Å². The van der Waals surface area contributed by atoms with Gasteiger partial charge in [-0.15, -0.1) is 0 Å². The first-order valence-corrected chi connectivity index (χ1v) is 7.90. The van der Waals surface area contributed by atoms with Crippen LogP contribution in [-0.2, 0) is 11.2 Å². The number of nitrogens with zero attached hydrogens (tertiary/aromatic N) is 1. The number of aliphatic carboxylic acids is 1. The molecule has 0 spiro atoms. The van der Waals surface area contributed by atoms with E-state index in [1.54, 1.807) is 24.3 Å². The lowest BCUT2D eigenvalue weighted by molar-refractivity contribution is -0.136. The second kappa shape index (κ2) is 6.81. The number of phenols is 1. The number of aromatic nitrogens is 1. The third-order valence-corrected chi connectivity index (χ3v) is 4.06. The lowest BCUT2D eigenvalue weighted by atomic mass is 10.1. The summed E-state index contributed by atoms with van der Waals surface area (Å²) in [5.41, 5.74) is 3.68. The van der Waals surface area contributed by atoms with Gasteiger partial charge in [0, 0.05) is 16.4 Å². The Morgan fingerprint density at radius 2 is 1.62 bits per heavy atom. The molecule has 24 heavy (non-hydrogen) atoms. The highest BCUT2D eigenvalue weighted by atomic mass is 35.5. The van der Waals surface area contributed by atoms with Crippen LogP contribution in [0.25, 0.3) is 16.9 Å². The maximum atomic E-state index is 10.9. The van der Waals surface area contributed by atoms with E-state index in [9.17, 15) is 9.90 Å². The number of rotatable bonds is 5. The summed E-state index contributed by atoms with van der Waals surface area (Å²) in [5, 5.41) is 19.1. The maximum absolute atomic E-state index is 10.9. The van der Waals surface area contributed by atoms with Crippen LogP contribution < -0.4 is 0 Å². The predicted molar refractivity (Wildman–Crippen MR) is 93.8 cm³/mol. The van der Waals surface area contributed by atoms with Gasteiger partial charge >= 0.3 is 5.97 Å². The highest BCUT2D eigenvalue weighted by Crippen LogP contribution is 2.29. The fourth-order valence-electron chi connectivity index (χ4n) is 2.66. The van der Waals surface area contributed by atoms with Crippen molar-refractivity contribution in [2.75, 3.05) is 0 Å². The summed E-state index contributed by atoms with van der Waals surface area (Å²) in [7, 11) is 0. The van der Waals surface area contributed by atoms with E-state index in [1.807, 2.05) is 41.0 Å². The largest absolute Gasteiger partial charge is 0.508 e. The van der Waals surface area contributed by atoms with Crippen molar-refractivity contribution in [1.29, 1.82) is 0 Å². The molecule has 0 aliphatic carbocycles. The number of aromatic hydroxyl groups is 1. The first-order valence-electron chi connectivity index (χ1n) is 7.52. The molecule has 0 amide bonds. The molecule has 0 atom stereocenters. The summed E-state index contributed by atoms with van der Waals surface area (Å²) in [6.45, 7) is 0. The number of benzene rings is 2. The molecule has 2 aromatic carbocycles. The summed E-state index contributed by atoms with van der Waals surface area (Å²) < 4.78 is 2.01. The molecule has 0 radical (unpaired) electrons. The summed E-state index contributed by atoms with van der Waals surface area (Å²) in [4.78, 5) is 10.9. The van der Waals surface area contributed by atoms with Gasteiger partial charge in [-0.2, -0.15) is 0 Å². The second-order valence-electron chi connectivity index (χ2n) is 5.46. The number of hydrogen-bond acceptors (Lipinski definition) is 2. The van der Waals surface area contributed by atoms with Crippen LogP contribution in [0.3, 0.4) is 0 Å². The number of halogens is 1. The highest BCUT2D eigenvalue weighted by molar-refractivity contribution is 6.30. The summed E-state index contributed by atoms with van der Waals surface area (Å²) in [6.07, 6.45) is 0.478. The van der Waals surface area contributed by atoms with Gasteiger partial charge in [0.25, 0.3) is 0 Å². The molecule has 0 aliphatic heterocycles. The lowest BCUT2D eigenvalue weighted by Gasteiger charge is -2.14. The number of hydrogen-bond donors (Lipinski definition) is 2. The number of aryl methyl sites for hydroxylation is 1. The summed E-state index contributed by atoms with van der Waals surface area (Å²) >= 11 is 5.96. The Morgan fingerprint density at radius 3 is 2.25 bits per heavy atom. The molecular weight excluding hydrogens is 326 g/mol. The molecule has 0 unspecified atom stereocenters. The van der Waals surface area contributed by atoms with Gasteiger partial charge in [0.2, 0.25) is 0 Å². The predicted octanol–water partition coefficient (Wildman–Crippen LogP) is 4.52. The van der Waals surface area contributed by atoms with Gasteiger partial charge in [0.1, 0.15) is 5.75 Å². The zero-order valence-electron chi connectivity index (χ0n) is 12.8. The molecule has 2 N–H and O–H groups in total. The summed E-state index contributed by atoms with van der Waals surface area (Å²) in [5.74, 6) is -0.646. The van der Waals surface area contributed by atoms with Crippen molar-refractivity contribution >= 4 is 17.6 Å². The Balaban J connectivity index is 2.09. The Hall–Kier alpha value is -2.72. The van der Waals surface area contributed by atoms with Crippen molar-refractivity contribution in [2.45, 2.75) is 12.8 Å². The third kappa shape index (κ3) is 3.44. The summed E-state index contributed by atoms with van der Waals surface area (Å²) in [6, 6.07) is 18.2. The van der Waals surface area contributed by atoms with Crippen LogP contribution in [-0.4, -0.2) is 20.7 Å². The molecule has 4 nitrogen and oxygen atoms in total. The van der Waals surface area contributed by atoms with Crippen LogP contribution in [0, 0.1) is 0 Å². The molecule has 3 aromatic rings. The van der Waals surface area contributed by atoms with Crippen LogP contribution >= 0.6 is 11.6 Å². The zero-order valence-corrected chi connectivity index (χ0v) is 13.6. The fourth-order valence-corrected chi connectivity index (χ4v) is 2.79. The highest BCUT2D eigenvalue weighted by Gasteiger charge is 2.13. The van der Waals surface area contributed by atoms with Crippen LogP contribution in [0.4, 0.5) is 0 Å². The van der Waals surface area contributed by atoms with Gasteiger partial charge in [0.05, 0.1) is 12.1 Å². The Kier molecular flexibility index (Phi) is 4.58. The van der Waals surface area contributed by atoms with E-state index in [0.717, 1.165) is 22.6 Å². The number of phenolic OH excluding ortho intramolecular Hbond substituents is 1. The smallest absolute Gasteiger partial charge is 0.303 e. The van der Waals surface area contributed by atoms with E-state index in [-0.39, 0.29) is 12.2 Å². The first kappa shape index (κ1) is 16.1. The lowest BCUT2D eigenvalue weighted by Crippen LogP contribution is -2.05. The van der Waals surface area contributed by atoms with E-state index in [4.69, 9.17) is 16.7 Å². The average molecular weight is 342 g/mol. The van der Waals surface area contributed by atoms with Crippen molar-refractivity contribution in [3.8, 4) is 22.7 Å². The normalized spacial score (nSPS) is 10.7. The van der Waals surface area contributed by atoms with E-state index < -0.39 is 5.97 Å². The first-order chi connectivity index (χ1) is 11.5. The molecule has 0 aliphatic rings. The molecule has 1 aromatic heterocycles. The standard InChI is InChI=1S/C19H16ClNO3/c20-14-3-1-13(2-4-14)18-11-7-16(8-12-19(23)24)21(18)15-5-9-17(22)10-6-15/h1-7,9-11,22H,8,12H2,(H,23,24). The van der Waals surface area contributed by atoms with Crippen molar-refractivity contribution in [3.05, 3.63) is 71.4 Å². The van der Waals surface area contributed by atoms with Gasteiger partial charge in [-0.05, 0) is 60.5 Å². The van der Waals surface area contributed by atoms with Gasteiger partial charge in [-0.25, -0.2) is 0 Å². The molecule has 0 saturated carbocycles. The van der Waals surface area contributed by atoms with Gasteiger partial charge < -0.3 is 14.8 Å². The Morgan fingerprint density at radius 1 is 0.958 bits per heavy atom. The van der Waals surface area contributed by atoms with Gasteiger partial charge in [0.15, 0.2) is 0 Å². The van der Waals surface area contributed by atoms with Crippen LogP contribution in [0.1, 0.15) is 12.1 Å². The van der Waals surface area contributed by atoms with Crippen molar-refractivity contribution in [3.63, 3.8) is 0 Å². The minimum atomic E-state index is -0.832.